The molecule has 1 aromatic heterocycles. The Kier molecular flexibility index (Phi) is 8.14. The number of ether oxygens (including phenoxy) is 2. The van der Waals surface area contributed by atoms with Crippen molar-refractivity contribution in [2.24, 2.45) is 5.92 Å². The molecule has 3 atom stereocenters. The number of likely N-dealkylation sites (tertiary alicyclic amines) is 1. The molecule has 0 radical (unpaired) electrons. The van der Waals surface area contributed by atoms with E-state index in [1.54, 1.807) is 18.2 Å². The number of methoxy groups -OCH3 is 1. The minimum Gasteiger partial charge on any atom is -0.465 e. The number of aromatic nitrogens is 2. The van der Waals surface area contributed by atoms with Crippen molar-refractivity contribution in [3.63, 3.8) is 0 Å². The van der Waals surface area contributed by atoms with E-state index in [0.29, 0.717) is 32.0 Å². The number of carboxylic acid groups (broad SMARTS) is 1. The molecule has 1 fully saturated rings. The van der Waals surface area contributed by atoms with Crippen molar-refractivity contribution in [1.82, 2.24) is 20.2 Å². The Bertz CT molecular complexity index is 964. The van der Waals surface area contributed by atoms with E-state index < -0.39 is 17.7 Å². The first-order chi connectivity index (χ1) is 15.7. The fourth-order valence-electron chi connectivity index (χ4n) is 4.18. The van der Waals surface area contributed by atoms with Crippen LogP contribution in [-0.4, -0.2) is 71.0 Å². The second-order valence-corrected chi connectivity index (χ2v) is 9.65. The Balaban J connectivity index is 1.93. The van der Waals surface area contributed by atoms with Crippen LogP contribution in [0.4, 0.5) is 4.79 Å². The lowest BCUT2D eigenvalue weighted by Gasteiger charge is -2.36. The average Bonchev–Trinajstić information content (AvgIpc) is 3.38. The van der Waals surface area contributed by atoms with Crippen molar-refractivity contribution in [3.05, 3.63) is 40.8 Å². The summed E-state index contributed by atoms with van der Waals surface area (Å²) in [4.78, 5) is 34.6. The summed E-state index contributed by atoms with van der Waals surface area (Å²) < 4.78 is 12.0. The van der Waals surface area contributed by atoms with E-state index in [-0.39, 0.29) is 17.9 Å². The van der Waals surface area contributed by atoms with E-state index in [0.717, 1.165) is 15.7 Å². The second-order valence-electron chi connectivity index (χ2n) is 8.74. The first kappa shape index (κ1) is 25.2. The molecule has 1 aromatic carbocycles. The average molecular weight is 523 g/mol. The van der Waals surface area contributed by atoms with Crippen LogP contribution in [0, 0.1) is 5.92 Å². The molecule has 1 aliphatic rings. The van der Waals surface area contributed by atoms with Crippen LogP contribution in [0.1, 0.15) is 33.0 Å². The predicted molar refractivity (Wildman–Crippen MR) is 127 cm³/mol. The molecule has 0 aliphatic carbocycles. The van der Waals surface area contributed by atoms with Gasteiger partial charge in [0.15, 0.2) is 0 Å². The first-order valence-corrected chi connectivity index (χ1v) is 11.7. The molecule has 1 aliphatic heterocycles. The maximum Gasteiger partial charge on any atom is 0.405 e. The third-order valence-electron chi connectivity index (χ3n) is 5.97. The minimum absolute atomic E-state index is 0.221. The summed E-state index contributed by atoms with van der Waals surface area (Å²) in [6.45, 7) is 6.76. The second kappa shape index (κ2) is 10.7. The lowest BCUT2D eigenvalue weighted by Crippen LogP contribution is -2.55. The molecule has 180 valence electrons. The van der Waals surface area contributed by atoms with Crippen molar-refractivity contribution >= 4 is 27.9 Å². The lowest BCUT2D eigenvalue weighted by atomic mass is 9.95. The summed E-state index contributed by atoms with van der Waals surface area (Å²) >= 11 is 3.44. The van der Waals surface area contributed by atoms with E-state index in [1.165, 1.54) is 0 Å². The van der Waals surface area contributed by atoms with Crippen molar-refractivity contribution in [2.45, 2.75) is 44.9 Å². The third-order valence-corrected chi connectivity index (χ3v) is 6.50. The molecule has 33 heavy (non-hydrogen) atoms. The summed E-state index contributed by atoms with van der Waals surface area (Å²) in [5, 5.41) is 11.7. The molecule has 2 heterocycles. The summed E-state index contributed by atoms with van der Waals surface area (Å²) in [5.41, 5.74) is 1.01. The number of nitrogens with zero attached hydrogens (tertiary/aromatic N) is 2. The zero-order chi connectivity index (χ0) is 24.2. The SMILES string of the molecule is COCCOC1CN(C(=O)C(NC(=O)O)C(C)C)C(C)(c2ncc(-c3ccc(Br)cc3)[nH]2)C1. The van der Waals surface area contributed by atoms with Gasteiger partial charge in [0.2, 0.25) is 5.91 Å². The summed E-state index contributed by atoms with van der Waals surface area (Å²) in [6, 6.07) is 6.98. The number of hydrogen-bond donors (Lipinski definition) is 3. The molecular weight excluding hydrogens is 492 g/mol. The molecule has 0 bridgehead atoms. The number of carbonyl (C=O) groups excluding carboxylic acids is 1. The monoisotopic (exact) mass is 522 g/mol. The molecule has 0 spiro atoms. The van der Waals surface area contributed by atoms with Crippen molar-refractivity contribution in [1.29, 1.82) is 0 Å². The van der Waals surface area contributed by atoms with Crippen LogP contribution in [0.2, 0.25) is 0 Å². The van der Waals surface area contributed by atoms with E-state index in [9.17, 15) is 14.7 Å². The largest absolute Gasteiger partial charge is 0.465 e. The van der Waals surface area contributed by atoms with Gasteiger partial charge in [-0.25, -0.2) is 9.78 Å². The maximum absolute atomic E-state index is 13.6. The molecule has 1 saturated heterocycles. The minimum atomic E-state index is -1.23. The lowest BCUT2D eigenvalue weighted by molar-refractivity contribution is -0.139. The topological polar surface area (TPSA) is 117 Å². The number of benzene rings is 1. The first-order valence-electron chi connectivity index (χ1n) is 10.9. The van der Waals surface area contributed by atoms with Gasteiger partial charge in [-0.15, -0.1) is 0 Å². The molecule has 3 N–H and O–H groups in total. The number of halogens is 1. The fraction of sp³-hybridized carbons (Fsp3) is 0.522. The Morgan fingerprint density at radius 1 is 1.33 bits per heavy atom. The van der Waals surface area contributed by atoms with E-state index in [1.807, 2.05) is 45.0 Å². The highest BCUT2D eigenvalue weighted by atomic mass is 79.9. The van der Waals surface area contributed by atoms with E-state index in [2.05, 4.69) is 31.2 Å². The van der Waals surface area contributed by atoms with Crippen molar-refractivity contribution in [3.8, 4) is 11.3 Å². The van der Waals surface area contributed by atoms with Crippen molar-refractivity contribution < 1.29 is 24.2 Å². The van der Waals surface area contributed by atoms with Crippen LogP contribution in [0.3, 0.4) is 0 Å². The summed E-state index contributed by atoms with van der Waals surface area (Å²) in [7, 11) is 1.61. The third kappa shape index (κ3) is 5.74. The molecule has 10 heteroatoms. The molecule has 3 unspecified atom stereocenters. The van der Waals surface area contributed by atoms with Crippen LogP contribution in [0.5, 0.6) is 0 Å². The van der Waals surface area contributed by atoms with Gasteiger partial charge >= 0.3 is 6.09 Å². The molecule has 2 aromatic rings. The van der Waals surface area contributed by atoms with Crippen LogP contribution < -0.4 is 5.32 Å². The van der Waals surface area contributed by atoms with Gasteiger partial charge in [-0.2, -0.15) is 0 Å². The highest BCUT2D eigenvalue weighted by Gasteiger charge is 2.50. The summed E-state index contributed by atoms with van der Waals surface area (Å²) in [5.74, 6) is 0.111. The molecule has 2 amide bonds. The van der Waals surface area contributed by atoms with Crippen LogP contribution in [-0.2, 0) is 19.8 Å². The number of hydrogen-bond acceptors (Lipinski definition) is 5. The van der Waals surface area contributed by atoms with Crippen molar-refractivity contribution in [2.75, 3.05) is 26.9 Å². The Hall–Kier alpha value is -2.43. The van der Waals surface area contributed by atoms with Gasteiger partial charge in [0, 0.05) is 24.5 Å². The van der Waals surface area contributed by atoms with E-state index in [4.69, 9.17) is 9.47 Å². The summed E-state index contributed by atoms with van der Waals surface area (Å²) in [6.07, 6.45) is 0.814. The molecule has 9 nitrogen and oxygen atoms in total. The number of aromatic amines is 1. The normalized spacial score (nSPS) is 21.4. The van der Waals surface area contributed by atoms with Gasteiger partial charge in [0.25, 0.3) is 0 Å². The van der Waals surface area contributed by atoms with Gasteiger partial charge < -0.3 is 29.8 Å². The van der Waals surface area contributed by atoms with E-state index >= 15 is 0 Å². The predicted octanol–water partition coefficient (Wildman–Crippen LogP) is 3.61. The number of carbonyl (C=O) groups is 2. The highest BCUT2D eigenvalue weighted by Crippen LogP contribution is 2.40. The number of rotatable bonds is 9. The quantitative estimate of drug-likeness (QED) is 0.433. The number of imidazole rings is 1. The molecule has 3 rings (SSSR count). The Labute approximate surface area is 202 Å². The molecular formula is C23H31BrN4O5. The number of amides is 2. The Morgan fingerprint density at radius 3 is 2.64 bits per heavy atom. The smallest absolute Gasteiger partial charge is 0.405 e. The highest BCUT2D eigenvalue weighted by molar-refractivity contribution is 9.10. The number of H-pyrrole nitrogens is 1. The van der Waals surface area contributed by atoms with Crippen LogP contribution >= 0.6 is 15.9 Å². The van der Waals surface area contributed by atoms with Gasteiger partial charge in [-0.05, 0) is 30.5 Å². The maximum atomic E-state index is 13.6. The standard InChI is InChI=1S/C23H31BrN4O5/c1-14(2)19(27-22(30)31)20(29)28-13-17(33-10-9-32-4)11-23(28,3)21-25-12-18(26-21)15-5-7-16(24)8-6-15/h5-8,12,14,17,19,27H,9-11,13H2,1-4H3,(H,25,26)(H,30,31). The number of nitrogens with one attached hydrogen (secondary N) is 2. The van der Waals surface area contributed by atoms with Crippen LogP contribution in [0.15, 0.2) is 34.9 Å². The Morgan fingerprint density at radius 2 is 2.03 bits per heavy atom. The van der Waals surface area contributed by atoms with Gasteiger partial charge in [0.05, 0.1) is 31.2 Å². The van der Waals surface area contributed by atoms with Crippen LogP contribution in [0.25, 0.3) is 11.3 Å². The van der Waals surface area contributed by atoms with Gasteiger partial charge in [0.1, 0.15) is 17.4 Å². The van der Waals surface area contributed by atoms with Gasteiger partial charge in [-0.3, -0.25) is 4.79 Å². The zero-order valence-corrected chi connectivity index (χ0v) is 20.9. The van der Waals surface area contributed by atoms with Gasteiger partial charge in [-0.1, -0.05) is 41.9 Å². The molecule has 0 saturated carbocycles. The fourth-order valence-corrected chi connectivity index (χ4v) is 4.44. The zero-order valence-electron chi connectivity index (χ0n) is 19.3.